The molecule has 0 unspecified atom stereocenters. The minimum atomic E-state index is -0.168. The van der Waals surface area contributed by atoms with Gasteiger partial charge < -0.3 is 0 Å². The molecule has 0 nitrogen and oxygen atoms in total. The number of hydrogen-bond donors (Lipinski definition) is 0. The molecule has 0 fully saturated rings. The first-order chi connectivity index (χ1) is 11.0. The van der Waals surface area contributed by atoms with Crippen molar-refractivity contribution in [2.75, 3.05) is 0 Å². The van der Waals surface area contributed by atoms with Gasteiger partial charge in [-0.15, -0.1) is 0 Å². The third kappa shape index (κ3) is 3.05. The zero-order valence-corrected chi connectivity index (χ0v) is 13.8. The van der Waals surface area contributed by atoms with Crippen LogP contribution in [0.5, 0.6) is 0 Å². The second kappa shape index (κ2) is 6.00. The maximum Gasteiger partial charge on any atom is 0.131 e. The van der Waals surface area contributed by atoms with E-state index in [9.17, 15) is 4.39 Å². The van der Waals surface area contributed by atoms with E-state index in [-0.39, 0.29) is 11.2 Å². The van der Waals surface area contributed by atoms with E-state index in [2.05, 4.69) is 32.9 Å². The summed E-state index contributed by atoms with van der Waals surface area (Å²) < 4.78 is 14.8. The zero-order chi connectivity index (χ0) is 16.4. The predicted octanol–water partition coefficient (Wildman–Crippen LogP) is 6.46. The summed E-state index contributed by atoms with van der Waals surface area (Å²) in [6.45, 7) is 6.42. The van der Waals surface area contributed by atoms with Crippen molar-refractivity contribution in [2.24, 2.45) is 0 Å². The molecule has 3 aromatic rings. The molecule has 0 N–H and O–H groups in total. The van der Waals surface area contributed by atoms with E-state index in [0.717, 1.165) is 22.3 Å². The van der Waals surface area contributed by atoms with Crippen molar-refractivity contribution in [3.05, 3.63) is 84.2 Å². The van der Waals surface area contributed by atoms with E-state index >= 15 is 0 Å². The van der Waals surface area contributed by atoms with Gasteiger partial charge in [0.05, 0.1) is 0 Å². The summed E-state index contributed by atoms with van der Waals surface area (Å²) in [7, 11) is 0. The number of benzene rings is 3. The van der Waals surface area contributed by atoms with Crippen molar-refractivity contribution in [3.63, 3.8) is 0 Å². The Hall–Kier alpha value is -2.41. The van der Waals surface area contributed by atoms with Gasteiger partial charge >= 0.3 is 0 Å². The third-order valence-electron chi connectivity index (χ3n) is 4.05. The molecule has 0 saturated heterocycles. The van der Waals surface area contributed by atoms with Crippen molar-refractivity contribution in [1.82, 2.24) is 0 Å². The average Bonchev–Trinajstić information content (AvgIpc) is 2.55. The van der Waals surface area contributed by atoms with Crippen molar-refractivity contribution in [2.45, 2.75) is 26.2 Å². The Morgan fingerprint density at radius 1 is 0.652 bits per heavy atom. The third-order valence-corrected chi connectivity index (χ3v) is 4.05. The Labute approximate surface area is 137 Å². The minimum absolute atomic E-state index is 0.166. The van der Waals surface area contributed by atoms with Crippen LogP contribution in [0, 0.1) is 5.82 Å². The quantitative estimate of drug-likeness (QED) is 0.510. The van der Waals surface area contributed by atoms with Gasteiger partial charge in [0, 0.05) is 5.56 Å². The van der Waals surface area contributed by atoms with Gasteiger partial charge in [0.15, 0.2) is 0 Å². The van der Waals surface area contributed by atoms with Crippen LogP contribution < -0.4 is 0 Å². The van der Waals surface area contributed by atoms with Crippen molar-refractivity contribution in [3.8, 4) is 22.3 Å². The highest BCUT2D eigenvalue weighted by Gasteiger charge is 2.25. The van der Waals surface area contributed by atoms with Gasteiger partial charge in [-0.3, -0.25) is 0 Å². The fourth-order valence-corrected chi connectivity index (χ4v) is 3.10. The van der Waals surface area contributed by atoms with Crippen molar-refractivity contribution < 1.29 is 4.39 Å². The molecule has 116 valence electrons. The Morgan fingerprint density at radius 2 is 1.17 bits per heavy atom. The van der Waals surface area contributed by atoms with Crippen LogP contribution in [0.2, 0.25) is 0 Å². The largest absolute Gasteiger partial charge is 0.206 e. The molecule has 0 saturated carbocycles. The second-order valence-electron chi connectivity index (χ2n) is 6.83. The number of rotatable bonds is 2. The van der Waals surface area contributed by atoms with E-state index in [4.69, 9.17) is 0 Å². The Balaban J connectivity index is 2.36. The summed E-state index contributed by atoms with van der Waals surface area (Å²) in [5.74, 6) is -0.166. The van der Waals surface area contributed by atoms with Crippen LogP contribution in [0.1, 0.15) is 26.3 Å². The lowest BCUT2D eigenvalue weighted by Crippen LogP contribution is -2.15. The Morgan fingerprint density at radius 3 is 1.70 bits per heavy atom. The molecule has 0 aliphatic carbocycles. The highest BCUT2D eigenvalue weighted by Crippen LogP contribution is 2.41. The molecule has 23 heavy (non-hydrogen) atoms. The molecule has 0 aliphatic heterocycles. The van der Waals surface area contributed by atoms with Gasteiger partial charge in [0.2, 0.25) is 0 Å². The highest BCUT2D eigenvalue weighted by molar-refractivity contribution is 5.80. The molecule has 0 heterocycles. The lowest BCUT2D eigenvalue weighted by Gasteiger charge is -2.27. The molecule has 0 aliphatic rings. The normalized spacial score (nSPS) is 11.5. The van der Waals surface area contributed by atoms with Gasteiger partial charge in [0.1, 0.15) is 5.82 Å². The van der Waals surface area contributed by atoms with Gasteiger partial charge in [-0.05, 0) is 33.7 Å². The summed E-state index contributed by atoms with van der Waals surface area (Å²) in [4.78, 5) is 0. The summed E-state index contributed by atoms with van der Waals surface area (Å²) in [6.07, 6.45) is 0. The molecular formula is C22H21F. The SMILES string of the molecule is CC(C)(C)c1c(-c2ccccc2)ccc(F)c1-c1ccccc1. The average molecular weight is 304 g/mol. The van der Waals surface area contributed by atoms with Crippen LogP contribution in [-0.2, 0) is 5.41 Å². The number of halogens is 1. The van der Waals surface area contributed by atoms with Gasteiger partial charge in [0.25, 0.3) is 0 Å². The highest BCUT2D eigenvalue weighted by atomic mass is 19.1. The van der Waals surface area contributed by atoms with Gasteiger partial charge in [-0.2, -0.15) is 0 Å². The monoisotopic (exact) mass is 304 g/mol. The van der Waals surface area contributed by atoms with Crippen LogP contribution in [0.15, 0.2) is 72.8 Å². The van der Waals surface area contributed by atoms with Crippen LogP contribution in [0.3, 0.4) is 0 Å². The van der Waals surface area contributed by atoms with Gasteiger partial charge in [-0.25, -0.2) is 4.39 Å². The molecule has 1 heteroatoms. The molecule has 3 aromatic carbocycles. The Bertz CT molecular complexity index is 797. The van der Waals surface area contributed by atoms with Crippen molar-refractivity contribution >= 4 is 0 Å². The first-order valence-corrected chi connectivity index (χ1v) is 7.92. The van der Waals surface area contributed by atoms with Crippen LogP contribution >= 0.6 is 0 Å². The molecular weight excluding hydrogens is 283 g/mol. The Kier molecular flexibility index (Phi) is 4.04. The zero-order valence-electron chi connectivity index (χ0n) is 13.8. The fraction of sp³-hybridized carbons (Fsp3) is 0.182. The van der Waals surface area contributed by atoms with E-state index in [1.807, 2.05) is 54.6 Å². The minimum Gasteiger partial charge on any atom is -0.206 e. The summed E-state index contributed by atoms with van der Waals surface area (Å²) in [6, 6.07) is 23.5. The summed E-state index contributed by atoms with van der Waals surface area (Å²) in [5.41, 5.74) is 4.73. The standard InChI is InChI=1S/C22H21F/c1-22(2,3)21-18(16-10-6-4-7-11-16)14-15-19(23)20(21)17-12-8-5-9-13-17/h4-15H,1-3H3. The molecule has 0 aromatic heterocycles. The van der Waals surface area contributed by atoms with Crippen molar-refractivity contribution in [1.29, 1.82) is 0 Å². The molecule has 0 bridgehead atoms. The van der Waals surface area contributed by atoms with E-state index in [1.165, 1.54) is 0 Å². The first kappa shape index (κ1) is 15.5. The van der Waals surface area contributed by atoms with E-state index in [1.54, 1.807) is 6.07 Å². The summed E-state index contributed by atoms with van der Waals surface area (Å²) >= 11 is 0. The predicted molar refractivity (Wildman–Crippen MR) is 96.0 cm³/mol. The molecule has 0 radical (unpaired) electrons. The summed E-state index contributed by atoms with van der Waals surface area (Å²) in [5, 5.41) is 0. The maximum atomic E-state index is 14.8. The fourth-order valence-electron chi connectivity index (χ4n) is 3.10. The topological polar surface area (TPSA) is 0 Å². The smallest absolute Gasteiger partial charge is 0.131 e. The van der Waals surface area contributed by atoms with Crippen LogP contribution in [-0.4, -0.2) is 0 Å². The van der Waals surface area contributed by atoms with Crippen LogP contribution in [0.25, 0.3) is 22.3 Å². The van der Waals surface area contributed by atoms with Crippen LogP contribution in [0.4, 0.5) is 4.39 Å². The lowest BCUT2D eigenvalue weighted by atomic mass is 9.77. The maximum absolute atomic E-state index is 14.8. The first-order valence-electron chi connectivity index (χ1n) is 7.92. The molecule has 0 atom stereocenters. The number of hydrogen-bond acceptors (Lipinski definition) is 0. The lowest BCUT2D eigenvalue weighted by molar-refractivity contribution is 0.578. The van der Waals surface area contributed by atoms with Gasteiger partial charge in [-0.1, -0.05) is 87.5 Å². The molecule has 0 spiro atoms. The second-order valence-corrected chi connectivity index (χ2v) is 6.83. The van der Waals surface area contributed by atoms with E-state index in [0.29, 0.717) is 5.56 Å². The molecule has 0 amide bonds. The van der Waals surface area contributed by atoms with E-state index < -0.39 is 0 Å². The molecule has 3 rings (SSSR count).